The Balaban J connectivity index is 1.31. The Bertz CT molecular complexity index is 1010. The molecule has 1 unspecified atom stereocenters. The highest BCUT2D eigenvalue weighted by Gasteiger charge is 2.56. The zero-order valence-electron chi connectivity index (χ0n) is 25.6. The summed E-state index contributed by atoms with van der Waals surface area (Å²) in [7, 11) is 0. The van der Waals surface area contributed by atoms with Crippen LogP contribution in [0.15, 0.2) is 12.7 Å². The molecule has 0 aromatic carbocycles. The van der Waals surface area contributed by atoms with Crippen molar-refractivity contribution in [3.8, 4) is 0 Å². The van der Waals surface area contributed by atoms with Gasteiger partial charge < -0.3 is 35.6 Å². The lowest BCUT2D eigenvalue weighted by atomic mass is 9.87. The number of aliphatic hydroxyl groups is 4. The van der Waals surface area contributed by atoms with Crippen molar-refractivity contribution >= 4 is 17.0 Å². The van der Waals surface area contributed by atoms with Gasteiger partial charge in [0.15, 0.2) is 17.2 Å². The van der Waals surface area contributed by atoms with E-state index >= 15 is 0 Å². The van der Waals surface area contributed by atoms with Crippen LogP contribution >= 0.6 is 0 Å². The Labute approximate surface area is 250 Å². The Hall–Kier alpha value is -1.89. The van der Waals surface area contributed by atoms with Gasteiger partial charge in [0.05, 0.1) is 12.9 Å². The second-order valence-electron chi connectivity index (χ2n) is 11.8. The number of imidazole rings is 1. The molecule has 5 atom stereocenters. The van der Waals surface area contributed by atoms with E-state index in [2.05, 4.69) is 21.9 Å². The normalized spacial score (nSPS) is 24.5. The van der Waals surface area contributed by atoms with E-state index in [1.807, 2.05) is 0 Å². The van der Waals surface area contributed by atoms with Gasteiger partial charge in [0.25, 0.3) is 0 Å². The molecule has 0 amide bonds. The van der Waals surface area contributed by atoms with Gasteiger partial charge in [-0.25, -0.2) is 15.0 Å². The highest BCUT2D eigenvalue weighted by atomic mass is 16.6. The average Bonchev–Trinajstić information content (AvgIpc) is 3.44. The monoisotopic (exact) mass is 593 g/mol. The van der Waals surface area contributed by atoms with Crippen LogP contribution in [0.1, 0.15) is 116 Å². The number of hydrogen-bond acceptors (Lipinski definition) is 10. The fraction of sp³-hybridized carbons (Fsp3) is 0.839. The number of anilines is 1. The minimum atomic E-state index is -2.11. The number of nitrogens with zero attached hydrogens (tertiary/aromatic N) is 4. The summed E-state index contributed by atoms with van der Waals surface area (Å²) in [6, 6.07) is 0. The van der Waals surface area contributed by atoms with E-state index in [4.69, 9.17) is 15.2 Å². The fourth-order valence-corrected chi connectivity index (χ4v) is 5.93. The van der Waals surface area contributed by atoms with Crippen LogP contribution < -0.4 is 5.73 Å². The van der Waals surface area contributed by atoms with E-state index in [1.54, 1.807) is 0 Å². The summed E-state index contributed by atoms with van der Waals surface area (Å²) >= 11 is 0. The number of ether oxygens (including phenoxy) is 2. The summed E-state index contributed by atoms with van der Waals surface area (Å²) in [5, 5.41) is 42.9. The number of aromatic nitrogens is 4. The second kappa shape index (κ2) is 18.7. The topological polar surface area (TPSA) is 169 Å². The maximum atomic E-state index is 11.7. The molecule has 0 radical (unpaired) electrons. The molecule has 6 N–H and O–H groups in total. The van der Waals surface area contributed by atoms with Gasteiger partial charge in [0.2, 0.25) is 0 Å². The highest BCUT2D eigenvalue weighted by Crippen LogP contribution is 2.37. The summed E-state index contributed by atoms with van der Waals surface area (Å²) in [4.78, 5) is 12.3. The van der Waals surface area contributed by atoms with Crippen molar-refractivity contribution in [2.75, 3.05) is 25.6 Å². The van der Waals surface area contributed by atoms with Gasteiger partial charge >= 0.3 is 0 Å². The third kappa shape index (κ3) is 9.56. The predicted molar refractivity (Wildman–Crippen MR) is 163 cm³/mol. The first-order chi connectivity index (χ1) is 20.4. The molecular weight excluding hydrogens is 538 g/mol. The number of nitrogens with two attached hydrogens (primary N) is 1. The van der Waals surface area contributed by atoms with Crippen LogP contribution in [0.5, 0.6) is 0 Å². The summed E-state index contributed by atoms with van der Waals surface area (Å²) in [6.07, 6.45) is 18.5. The number of aliphatic hydroxyl groups excluding tert-OH is 3. The molecule has 42 heavy (non-hydrogen) atoms. The van der Waals surface area contributed by atoms with Crippen molar-refractivity contribution in [1.29, 1.82) is 0 Å². The van der Waals surface area contributed by atoms with E-state index < -0.39 is 36.7 Å². The van der Waals surface area contributed by atoms with Gasteiger partial charge in [-0.1, -0.05) is 103 Å². The molecule has 3 heterocycles. The van der Waals surface area contributed by atoms with E-state index in [9.17, 15) is 20.4 Å². The van der Waals surface area contributed by atoms with E-state index in [-0.39, 0.29) is 30.0 Å². The van der Waals surface area contributed by atoms with Crippen LogP contribution in [-0.2, 0) is 15.2 Å². The molecule has 2 aromatic rings. The molecule has 0 spiro atoms. The standard InChI is InChI=1S/C31H55N5O6/c1-2-3-4-5-6-7-8-9-10-11-12-13-14-15-16-17-19-41-20-18-25-31(40,28(39)27(38)24(21-37)42-25)36-23-35-26-29(32)33-22-34-30(26)36/h22-25,27-28,37-40H,2-21H2,1H3,(H2,32,33,34)/t24-,25?,27+,28+,31+/m1/s1. The van der Waals surface area contributed by atoms with Crippen molar-refractivity contribution in [2.24, 2.45) is 0 Å². The molecule has 1 fully saturated rings. The lowest BCUT2D eigenvalue weighted by Crippen LogP contribution is -2.67. The minimum absolute atomic E-state index is 0.126. The number of hydrogen-bond donors (Lipinski definition) is 5. The fourth-order valence-electron chi connectivity index (χ4n) is 5.93. The van der Waals surface area contributed by atoms with Gasteiger partial charge in [-0.2, -0.15) is 0 Å². The Morgan fingerprint density at radius 2 is 1.43 bits per heavy atom. The van der Waals surface area contributed by atoms with Crippen LogP contribution in [0.2, 0.25) is 0 Å². The number of fused-ring (bicyclic) bond motifs is 1. The van der Waals surface area contributed by atoms with Gasteiger partial charge in [-0.05, 0) is 6.42 Å². The van der Waals surface area contributed by atoms with Crippen LogP contribution in [0.25, 0.3) is 11.2 Å². The molecule has 0 aliphatic carbocycles. The van der Waals surface area contributed by atoms with Gasteiger partial charge in [0.1, 0.15) is 36.3 Å². The summed E-state index contributed by atoms with van der Waals surface area (Å²) in [5.41, 5.74) is 4.23. The highest BCUT2D eigenvalue weighted by molar-refractivity contribution is 5.81. The van der Waals surface area contributed by atoms with Crippen LogP contribution in [0.3, 0.4) is 0 Å². The second-order valence-corrected chi connectivity index (χ2v) is 11.8. The third-order valence-corrected chi connectivity index (χ3v) is 8.55. The van der Waals surface area contributed by atoms with Gasteiger partial charge in [0, 0.05) is 19.6 Å². The molecule has 11 heteroatoms. The molecule has 0 saturated carbocycles. The Morgan fingerprint density at radius 1 is 0.857 bits per heavy atom. The Morgan fingerprint density at radius 3 is 2.00 bits per heavy atom. The number of unbranched alkanes of at least 4 members (excludes halogenated alkanes) is 15. The third-order valence-electron chi connectivity index (χ3n) is 8.55. The molecule has 2 aromatic heterocycles. The first-order valence-electron chi connectivity index (χ1n) is 16.3. The van der Waals surface area contributed by atoms with E-state index in [0.29, 0.717) is 6.61 Å². The van der Waals surface area contributed by atoms with Crippen molar-refractivity contribution in [2.45, 2.75) is 146 Å². The number of nitrogen functional groups attached to an aromatic ring is 1. The molecule has 3 rings (SSSR count). The minimum Gasteiger partial charge on any atom is -0.394 e. The quantitative estimate of drug-likeness (QED) is 0.125. The number of rotatable bonds is 22. The first-order valence-corrected chi connectivity index (χ1v) is 16.3. The molecule has 240 valence electrons. The van der Waals surface area contributed by atoms with E-state index in [0.717, 1.165) is 12.8 Å². The van der Waals surface area contributed by atoms with Crippen molar-refractivity contribution in [3.05, 3.63) is 12.7 Å². The van der Waals surface area contributed by atoms with Crippen molar-refractivity contribution in [3.63, 3.8) is 0 Å². The molecule has 11 nitrogen and oxygen atoms in total. The Kier molecular flexibility index (Phi) is 15.4. The zero-order valence-corrected chi connectivity index (χ0v) is 25.6. The lowest BCUT2D eigenvalue weighted by molar-refractivity contribution is -0.308. The predicted octanol–water partition coefficient (Wildman–Crippen LogP) is 4.20. The molecule has 0 bridgehead atoms. The smallest absolute Gasteiger partial charge is 0.200 e. The maximum absolute atomic E-state index is 11.7. The summed E-state index contributed by atoms with van der Waals surface area (Å²) < 4.78 is 12.9. The first kappa shape index (κ1) is 34.6. The van der Waals surface area contributed by atoms with Crippen LogP contribution in [0.4, 0.5) is 5.82 Å². The molecule has 1 aliphatic heterocycles. The average molecular weight is 594 g/mol. The van der Waals surface area contributed by atoms with Crippen molar-refractivity contribution < 1.29 is 29.9 Å². The molecular formula is C31H55N5O6. The van der Waals surface area contributed by atoms with Crippen molar-refractivity contribution in [1.82, 2.24) is 19.5 Å². The van der Waals surface area contributed by atoms with Crippen LogP contribution in [0, 0.1) is 0 Å². The molecule has 1 saturated heterocycles. The van der Waals surface area contributed by atoms with Gasteiger partial charge in [-0.15, -0.1) is 0 Å². The maximum Gasteiger partial charge on any atom is 0.200 e. The van der Waals surface area contributed by atoms with Gasteiger partial charge in [-0.3, -0.25) is 4.57 Å². The largest absolute Gasteiger partial charge is 0.394 e. The summed E-state index contributed by atoms with van der Waals surface area (Å²) in [6.45, 7) is 2.63. The summed E-state index contributed by atoms with van der Waals surface area (Å²) in [5.74, 6) is 0.126. The molecule has 1 aliphatic rings. The van der Waals surface area contributed by atoms with Crippen LogP contribution in [-0.4, -0.2) is 84.2 Å². The lowest BCUT2D eigenvalue weighted by Gasteiger charge is -2.48. The van der Waals surface area contributed by atoms with E-state index in [1.165, 1.54) is 107 Å². The SMILES string of the molecule is CCCCCCCCCCCCCCCCCCOCCC1O[C@H](CO)[C@H](O)[C@H](O)[C@]1(O)n1cnc2c(N)ncnc21. The zero-order chi connectivity index (χ0) is 30.2.